The Morgan fingerprint density at radius 2 is 1.76 bits per heavy atom. The number of carbonyl (C=O) groups excluding carboxylic acids is 1. The first-order chi connectivity index (χ1) is 16.4. The molecule has 34 heavy (non-hydrogen) atoms. The zero-order chi connectivity index (χ0) is 23.8. The fourth-order valence-electron chi connectivity index (χ4n) is 4.07. The normalized spacial score (nSPS) is 16.1. The van der Waals surface area contributed by atoms with Crippen molar-refractivity contribution in [1.82, 2.24) is 15.5 Å². The van der Waals surface area contributed by atoms with Crippen molar-refractivity contribution in [2.24, 2.45) is 0 Å². The van der Waals surface area contributed by atoms with Crippen LogP contribution in [0.15, 0.2) is 83.0 Å². The molecule has 1 aromatic heterocycles. The molecular formula is C26H20Cl2N4O2. The third kappa shape index (κ3) is 4.06. The Bertz CT molecular complexity index is 1420. The summed E-state index contributed by atoms with van der Waals surface area (Å²) < 4.78 is 5.72. The predicted molar refractivity (Wildman–Crippen MR) is 134 cm³/mol. The molecule has 6 nitrogen and oxygen atoms in total. The number of urea groups is 1. The number of nitrogens with zero attached hydrogens (tertiary/aromatic N) is 3. The number of anilines is 1. The summed E-state index contributed by atoms with van der Waals surface area (Å²) >= 11 is 12.5. The average molecular weight is 491 g/mol. The molecule has 0 fully saturated rings. The van der Waals surface area contributed by atoms with Crippen LogP contribution in [0.25, 0.3) is 17.0 Å². The lowest BCUT2D eigenvalue weighted by Gasteiger charge is -2.35. The maximum Gasteiger partial charge on any atom is 0.326 e. The van der Waals surface area contributed by atoms with Gasteiger partial charge in [-0.05, 0) is 55.3 Å². The minimum atomic E-state index is -0.528. The third-order valence-corrected chi connectivity index (χ3v) is 6.41. The summed E-state index contributed by atoms with van der Waals surface area (Å²) in [6.07, 6.45) is 0. The van der Waals surface area contributed by atoms with E-state index in [9.17, 15) is 4.79 Å². The molecule has 8 heteroatoms. The molecule has 170 valence electrons. The quantitative estimate of drug-likeness (QED) is 0.332. The first-order valence-electron chi connectivity index (χ1n) is 10.6. The summed E-state index contributed by atoms with van der Waals surface area (Å²) in [6, 6.07) is 21.6. The second kappa shape index (κ2) is 8.97. The standard InChI is InChI=1S/C26H20Cl2N4O2/c1-15-13-20(11-12-21(15)28)32-16(2)22(23(29-26(32)33)18-9-6-10-19(27)14-18)25-30-24(31-34-25)17-7-4-3-5-8-17/h3-14,23H,1-2H3,(H,29,33). The van der Waals surface area contributed by atoms with Crippen molar-refractivity contribution in [2.75, 3.05) is 4.90 Å². The summed E-state index contributed by atoms with van der Waals surface area (Å²) in [4.78, 5) is 19.6. The van der Waals surface area contributed by atoms with Gasteiger partial charge in [0.25, 0.3) is 5.89 Å². The van der Waals surface area contributed by atoms with Crippen LogP contribution in [-0.4, -0.2) is 16.2 Å². The molecule has 2 heterocycles. The van der Waals surface area contributed by atoms with E-state index in [1.54, 1.807) is 23.1 Å². The van der Waals surface area contributed by atoms with E-state index in [1.165, 1.54) is 0 Å². The molecule has 5 rings (SSSR count). The number of halogens is 2. The van der Waals surface area contributed by atoms with Gasteiger partial charge in [-0.25, -0.2) is 4.79 Å². The number of allylic oxidation sites excluding steroid dienone is 1. The van der Waals surface area contributed by atoms with Crippen LogP contribution in [-0.2, 0) is 0 Å². The Morgan fingerprint density at radius 3 is 2.50 bits per heavy atom. The topological polar surface area (TPSA) is 71.3 Å². The Morgan fingerprint density at radius 1 is 0.971 bits per heavy atom. The lowest BCUT2D eigenvalue weighted by Crippen LogP contribution is -2.46. The van der Waals surface area contributed by atoms with Gasteiger partial charge >= 0.3 is 6.03 Å². The minimum Gasteiger partial charge on any atom is -0.334 e. The molecule has 0 aliphatic carbocycles. The molecule has 0 bridgehead atoms. The zero-order valence-corrected chi connectivity index (χ0v) is 19.9. The SMILES string of the molecule is CC1=C(c2nc(-c3ccccc3)no2)C(c2cccc(Cl)c2)NC(=O)N1c1ccc(Cl)c(C)c1. The fraction of sp³-hybridized carbons (Fsp3) is 0.115. The summed E-state index contributed by atoms with van der Waals surface area (Å²) in [7, 11) is 0. The first kappa shape index (κ1) is 22.2. The van der Waals surface area contributed by atoms with Gasteiger partial charge in [-0.1, -0.05) is 70.8 Å². The Balaban J connectivity index is 1.67. The van der Waals surface area contributed by atoms with Crippen molar-refractivity contribution in [2.45, 2.75) is 19.9 Å². The van der Waals surface area contributed by atoms with Crippen molar-refractivity contribution in [3.63, 3.8) is 0 Å². The Hall–Kier alpha value is -3.61. The largest absolute Gasteiger partial charge is 0.334 e. The van der Waals surface area contributed by atoms with Crippen LogP contribution in [0.1, 0.15) is 30.0 Å². The van der Waals surface area contributed by atoms with E-state index in [0.29, 0.717) is 38.7 Å². The number of benzene rings is 3. The summed E-state index contributed by atoms with van der Waals surface area (Å²) in [6.45, 7) is 3.76. The number of amides is 2. The molecule has 0 saturated carbocycles. The molecular weight excluding hydrogens is 471 g/mol. The second-order valence-electron chi connectivity index (χ2n) is 7.99. The molecule has 1 N–H and O–H groups in total. The lowest BCUT2D eigenvalue weighted by atomic mass is 9.94. The highest BCUT2D eigenvalue weighted by molar-refractivity contribution is 6.31. The highest BCUT2D eigenvalue weighted by Gasteiger charge is 2.36. The fourth-order valence-corrected chi connectivity index (χ4v) is 4.39. The number of hydrogen-bond donors (Lipinski definition) is 1. The van der Waals surface area contributed by atoms with Gasteiger partial charge in [0.2, 0.25) is 5.82 Å². The summed E-state index contributed by atoms with van der Waals surface area (Å²) in [5.74, 6) is 0.781. The van der Waals surface area contributed by atoms with E-state index in [2.05, 4.69) is 15.5 Å². The van der Waals surface area contributed by atoms with E-state index in [4.69, 9.17) is 27.7 Å². The Labute approximate surface area is 206 Å². The smallest absolute Gasteiger partial charge is 0.326 e. The van der Waals surface area contributed by atoms with E-state index in [1.807, 2.05) is 68.4 Å². The molecule has 1 aliphatic heterocycles. The number of hydrogen-bond acceptors (Lipinski definition) is 4. The van der Waals surface area contributed by atoms with Crippen LogP contribution in [0, 0.1) is 6.92 Å². The van der Waals surface area contributed by atoms with Gasteiger partial charge in [0.15, 0.2) is 0 Å². The third-order valence-electron chi connectivity index (χ3n) is 5.75. The number of aromatic nitrogens is 2. The molecule has 4 aromatic rings. The van der Waals surface area contributed by atoms with Crippen LogP contribution in [0.2, 0.25) is 10.0 Å². The van der Waals surface area contributed by atoms with Crippen LogP contribution >= 0.6 is 23.2 Å². The van der Waals surface area contributed by atoms with Gasteiger partial charge in [-0.3, -0.25) is 4.90 Å². The molecule has 3 aromatic carbocycles. The monoisotopic (exact) mass is 490 g/mol. The van der Waals surface area contributed by atoms with E-state index < -0.39 is 6.04 Å². The van der Waals surface area contributed by atoms with Crippen molar-refractivity contribution in [3.05, 3.63) is 106 Å². The summed E-state index contributed by atoms with van der Waals surface area (Å²) in [5.41, 5.74) is 4.54. The van der Waals surface area contributed by atoms with Crippen molar-refractivity contribution < 1.29 is 9.32 Å². The average Bonchev–Trinajstić information content (AvgIpc) is 3.31. The van der Waals surface area contributed by atoms with Gasteiger partial charge in [-0.15, -0.1) is 0 Å². The van der Waals surface area contributed by atoms with Gasteiger partial charge in [0.05, 0.1) is 17.3 Å². The molecule has 1 atom stereocenters. The van der Waals surface area contributed by atoms with Crippen LogP contribution in [0.3, 0.4) is 0 Å². The minimum absolute atomic E-state index is 0.282. The van der Waals surface area contributed by atoms with E-state index >= 15 is 0 Å². The predicted octanol–water partition coefficient (Wildman–Crippen LogP) is 7.05. The second-order valence-corrected chi connectivity index (χ2v) is 8.84. The van der Waals surface area contributed by atoms with Crippen molar-refractivity contribution >= 4 is 40.5 Å². The van der Waals surface area contributed by atoms with Gasteiger partial charge in [0, 0.05) is 21.3 Å². The molecule has 0 saturated heterocycles. The zero-order valence-electron chi connectivity index (χ0n) is 18.4. The van der Waals surface area contributed by atoms with Crippen LogP contribution in [0.4, 0.5) is 10.5 Å². The molecule has 1 unspecified atom stereocenters. The van der Waals surface area contributed by atoms with Gasteiger partial charge in [0.1, 0.15) is 0 Å². The van der Waals surface area contributed by atoms with Crippen molar-refractivity contribution in [3.8, 4) is 11.4 Å². The molecule has 0 radical (unpaired) electrons. The van der Waals surface area contributed by atoms with Gasteiger partial charge in [-0.2, -0.15) is 4.98 Å². The van der Waals surface area contributed by atoms with E-state index in [0.717, 1.165) is 16.7 Å². The lowest BCUT2D eigenvalue weighted by molar-refractivity contribution is 0.244. The molecule has 0 spiro atoms. The highest BCUT2D eigenvalue weighted by atomic mass is 35.5. The van der Waals surface area contributed by atoms with Gasteiger partial charge < -0.3 is 9.84 Å². The molecule has 2 amide bonds. The highest BCUT2D eigenvalue weighted by Crippen LogP contribution is 2.40. The van der Waals surface area contributed by atoms with E-state index in [-0.39, 0.29) is 6.03 Å². The number of nitrogens with one attached hydrogen (secondary N) is 1. The van der Waals surface area contributed by atoms with Crippen molar-refractivity contribution in [1.29, 1.82) is 0 Å². The maximum atomic E-state index is 13.3. The number of rotatable bonds is 4. The Kier molecular flexibility index (Phi) is 5.86. The van der Waals surface area contributed by atoms with Crippen LogP contribution in [0.5, 0.6) is 0 Å². The number of carbonyl (C=O) groups is 1. The maximum absolute atomic E-state index is 13.3. The van der Waals surface area contributed by atoms with Crippen LogP contribution < -0.4 is 10.2 Å². The first-order valence-corrected chi connectivity index (χ1v) is 11.4. The summed E-state index contributed by atoms with van der Waals surface area (Å²) in [5, 5.41) is 8.46. The number of aryl methyl sites for hydroxylation is 1. The molecule has 1 aliphatic rings.